The summed E-state index contributed by atoms with van der Waals surface area (Å²) in [6.07, 6.45) is 1.70. The molecule has 27 heavy (non-hydrogen) atoms. The smallest absolute Gasteiger partial charge is 0.339 e. The molecule has 0 radical (unpaired) electrons. The van der Waals surface area contributed by atoms with E-state index in [1.165, 1.54) is 7.11 Å². The highest BCUT2D eigenvalue weighted by molar-refractivity contribution is 7.99. The van der Waals surface area contributed by atoms with Crippen LogP contribution in [-0.2, 0) is 15.9 Å². The Morgan fingerprint density at radius 2 is 2.11 bits per heavy atom. The van der Waals surface area contributed by atoms with Crippen LogP contribution in [0.5, 0.6) is 0 Å². The van der Waals surface area contributed by atoms with Crippen LogP contribution in [0.2, 0.25) is 0 Å². The van der Waals surface area contributed by atoms with Gasteiger partial charge in [0.1, 0.15) is 5.69 Å². The molecule has 1 aromatic rings. The third kappa shape index (κ3) is 4.02. The zero-order valence-corrected chi connectivity index (χ0v) is 17.2. The highest BCUT2D eigenvalue weighted by atomic mass is 32.2. The molecule has 0 saturated carbocycles. The molecule has 1 amide bonds. The Labute approximate surface area is 164 Å². The van der Waals surface area contributed by atoms with Gasteiger partial charge in [0.2, 0.25) is 0 Å². The second-order valence-electron chi connectivity index (χ2n) is 7.13. The van der Waals surface area contributed by atoms with Crippen molar-refractivity contribution in [3.8, 4) is 0 Å². The van der Waals surface area contributed by atoms with Crippen LogP contribution in [0, 0.1) is 6.92 Å². The summed E-state index contributed by atoms with van der Waals surface area (Å²) >= 11 is 1.94. The van der Waals surface area contributed by atoms with Gasteiger partial charge in [0.05, 0.1) is 25.9 Å². The number of hydrogen-bond acceptors (Lipinski definition) is 6. The number of aryl methyl sites for hydroxylation is 1. The number of aromatic nitrogens is 1. The Balaban J connectivity index is 1.75. The van der Waals surface area contributed by atoms with Crippen LogP contribution in [0.4, 0.5) is 0 Å². The van der Waals surface area contributed by atoms with Gasteiger partial charge in [-0.1, -0.05) is 6.92 Å². The summed E-state index contributed by atoms with van der Waals surface area (Å²) in [4.78, 5) is 30.6. The quantitative estimate of drug-likeness (QED) is 0.712. The van der Waals surface area contributed by atoms with Crippen LogP contribution >= 0.6 is 11.8 Å². The zero-order chi connectivity index (χ0) is 19.4. The fourth-order valence-electron chi connectivity index (χ4n) is 4.00. The van der Waals surface area contributed by atoms with Gasteiger partial charge in [-0.25, -0.2) is 4.79 Å². The van der Waals surface area contributed by atoms with Crippen molar-refractivity contribution in [2.75, 3.05) is 51.5 Å². The molecule has 2 fully saturated rings. The molecular weight excluding hydrogens is 366 g/mol. The van der Waals surface area contributed by atoms with E-state index >= 15 is 0 Å². The molecule has 8 heteroatoms. The molecule has 0 bridgehead atoms. The van der Waals surface area contributed by atoms with Crippen molar-refractivity contribution < 1.29 is 19.1 Å². The molecule has 1 aromatic heterocycles. The molecule has 2 aliphatic rings. The Bertz CT molecular complexity index is 691. The van der Waals surface area contributed by atoms with Crippen molar-refractivity contribution in [3.63, 3.8) is 0 Å². The lowest BCUT2D eigenvalue weighted by Gasteiger charge is -2.43. The molecular formula is C19H29N3O4S. The fraction of sp³-hybridized carbons (Fsp3) is 0.684. The van der Waals surface area contributed by atoms with E-state index in [1.54, 1.807) is 6.92 Å². The maximum absolute atomic E-state index is 12.9. The number of morpholine rings is 1. The first kappa shape index (κ1) is 20.2. The number of ether oxygens (including phenoxy) is 2. The van der Waals surface area contributed by atoms with Gasteiger partial charge in [0, 0.05) is 36.6 Å². The number of hydrogen-bond donors (Lipinski definition) is 2. The van der Waals surface area contributed by atoms with Crippen molar-refractivity contribution in [1.82, 2.24) is 15.2 Å². The van der Waals surface area contributed by atoms with Crippen molar-refractivity contribution in [3.05, 3.63) is 22.5 Å². The second kappa shape index (κ2) is 8.67. The Morgan fingerprint density at radius 1 is 1.37 bits per heavy atom. The molecule has 2 saturated heterocycles. The van der Waals surface area contributed by atoms with Crippen LogP contribution in [0.15, 0.2) is 0 Å². The topological polar surface area (TPSA) is 83.7 Å². The van der Waals surface area contributed by atoms with Gasteiger partial charge < -0.3 is 19.8 Å². The minimum absolute atomic E-state index is 0.0105. The number of thioether (sulfide) groups is 1. The average molecular weight is 396 g/mol. The van der Waals surface area contributed by atoms with E-state index in [0.29, 0.717) is 29.8 Å². The summed E-state index contributed by atoms with van der Waals surface area (Å²) in [5.74, 6) is 1.56. The number of esters is 1. The van der Waals surface area contributed by atoms with Crippen LogP contribution in [0.3, 0.4) is 0 Å². The molecule has 0 aliphatic carbocycles. The number of rotatable bonds is 6. The molecule has 0 spiro atoms. The predicted molar refractivity (Wildman–Crippen MR) is 106 cm³/mol. The number of aromatic amines is 1. The molecule has 7 nitrogen and oxygen atoms in total. The standard InChI is InChI=1S/C19H29N3O4S/c1-4-14-15(18(24)25-3)13(2)16(21-14)17(23)20-11-19(5-10-27-12-19)22-6-8-26-9-7-22/h21H,4-12H2,1-3H3,(H,20,23). The maximum atomic E-state index is 12.9. The molecule has 2 aliphatic heterocycles. The Kier molecular flexibility index (Phi) is 6.49. The fourth-order valence-corrected chi connectivity index (χ4v) is 5.47. The van der Waals surface area contributed by atoms with Crippen LogP contribution in [0.1, 0.15) is 45.4 Å². The van der Waals surface area contributed by atoms with E-state index in [2.05, 4.69) is 15.2 Å². The molecule has 0 aromatic carbocycles. The average Bonchev–Trinajstić information content (AvgIpc) is 3.31. The van der Waals surface area contributed by atoms with Crippen LogP contribution in [0.25, 0.3) is 0 Å². The van der Waals surface area contributed by atoms with Gasteiger partial charge in [-0.05, 0) is 31.1 Å². The number of H-pyrrole nitrogens is 1. The second-order valence-corrected chi connectivity index (χ2v) is 8.24. The first-order chi connectivity index (χ1) is 13.0. The van der Waals surface area contributed by atoms with Gasteiger partial charge in [0.25, 0.3) is 5.91 Å². The van der Waals surface area contributed by atoms with Crippen molar-refractivity contribution >= 4 is 23.6 Å². The molecule has 1 unspecified atom stereocenters. The minimum Gasteiger partial charge on any atom is -0.465 e. The molecule has 2 N–H and O–H groups in total. The van der Waals surface area contributed by atoms with Gasteiger partial charge in [-0.3, -0.25) is 9.69 Å². The summed E-state index contributed by atoms with van der Waals surface area (Å²) in [5.41, 5.74) is 2.31. The minimum atomic E-state index is -0.406. The summed E-state index contributed by atoms with van der Waals surface area (Å²) < 4.78 is 10.4. The van der Waals surface area contributed by atoms with E-state index in [0.717, 1.165) is 49.9 Å². The SMILES string of the molecule is CCc1[nH]c(C(=O)NCC2(N3CCOCC3)CCSC2)c(C)c1C(=O)OC. The highest BCUT2D eigenvalue weighted by Gasteiger charge is 2.41. The van der Waals surface area contributed by atoms with Gasteiger partial charge in [-0.15, -0.1) is 0 Å². The largest absolute Gasteiger partial charge is 0.465 e. The zero-order valence-electron chi connectivity index (χ0n) is 16.4. The van der Waals surface area contributed by atoms with E-state index < -0.39 is 5.97 Å². The first-order valence-electron chi connectivity index (χ1n) is 9.51. The monoisotopic (exact) mass is 395 g/mol. The molecule has 3 rings (SSSR count). The number of carbonyl (C=O) groups excluding carboxylic acids is 2. The van der Waals surface area contributed by atoms with E-state index in [9.17, 15) is 9.59 Å². The van der Waals surface area contributed by atoms with Crippen LogP contribution in [-0.4, -0.2) is 78.8 Å². The van der Waals surface area contributed by atoms with E-state index in [-0.39, 0.29) is 11.4 Å². The van der Waals surface area contributed by atoms with Crippen LogP contribution < -0.4 is 5.32 Å². The number of nitrogens with one attached hydrogen (secondary N) is 2. The van der Waals surface area contributed by atoms with E-state index in [4.69, 9.17) is 9.47 Å². The predicted octanol–water partition coefficient (Wildman–Crippen LogP) is 1.61. The molecule has 150 valence electrons. The van der Waals surface area contributed by atoms with E-state index in [1.807, 2.05) is 18.7 Å². The van der Waals surface area contributed by atoms with Crippen molar-refractivity contribution in [1.29, 1.82) is 0 Å². The molecule has 3 heterocycles. The third-order valence-corrected chi connectivity index (χ3v) is 6.87. The first-order valence-corrected chi connectivity index (χ1v) is 10.7. The summed E-state index contributed by atoms with van der Waals surface area (Å²) in [6, 6.07) is 0. The summed E-state index contributed by atoms with van der Waals surface area (Å²) in [7, 11) is 1.36. The summed E-state index contributed by atoms with van der Waals surface area (Å²) in [5, 5.41) is 3.12. The lowest BCUT2D eigenvalue weighted by molar-refractivity contribution is -0.0129. The maximum Gasteiger partial charge on any atom is 0.339 e. The van der Waals surface area contributed by atoms with Gasteiger partial charge in [0.15, 0.2) is 0 Å². The van der Waals surface area contributed by atoms with Gasteiger partial charge >= 0.3 is 5.97 Å². The Hall–Kier alpha value is -1.51. The lowest BCUT2D eigenvalue weighted by Crippen LogP contribution is -2.59. The lowest BCUT2D eigenvalue weighted by atomic mass is 9.95. The number of amides is 1. The normalized spacial score (nSPS) is 23.4. The van der Waals surface area contributed by atoms with Crippen molar-refractivity contribution in [2.24, 2.45) is 0 Å². The number of carbonyl (C=O) groups is 2. The van der Waals surface area contributed by atoms with Crippen molar-refractivity contribution in [2.45, 2.75) is 32.2 Å². The third-order valence-electron chi connectivity index (χ3n) is 5.64. The number of nitrogens with zero attached hydrogens (tertiary/aromatic N) is 1. The Morgan fingerprint density at radius 3 is 2.70 bits per heavy atom. The van der Waals surface area contributed by atoms with Gasteiger partial charge in [-0.2, -0.15) is 11.8 Å². The summed E-state index contributed by atoms with van der Waals surface area (Å²) in [6.45, 7) is 7.65. The highest BCUT2D eigenvalue weighted by Crippen LogP contribution is 2.33. The number of methoxy groups -OCH3 is 1. The molecule has 1 atom stereocenters.